The molecule has 0 aliphatic heterocycles. The summed E-state index contributed by atoms with van der Waals surface area (Å²) in [6.07, 6.45) is 0. The third-order valence-electron chi connectivity index (χ3n) is 8.57. The van der Waals surface area contributed by atoms with Crippen LogP contribution >= 0.6 is 18.5 Å². The topological polar surface area (TPSA) is 43.1 Å². The molecule has 208 valence electrons. The summed E-state index contributed by atoms with van der Waals surface area (Å²) >= 11 is 1.77. The first kappa shape index (κ1) is 25.5. The Bertz CT molecular complexity index is 2520. The van der Waals surface area contributed by atoms with Gasteiger partial charge in [0.25, 0.3) is 0 Å². The van der Waals surface area contributed by atoms with Crippen molar-refractivity contribution in [2.75, 3.05) is 0 Å². The first-order valence-electron chi connectivity index (χ1n) is 14.6. The van der Waals surface area contributed by atoms with E-state index in [0.717, 1.165) is 64.7 Å². The molecule has 3 nitrogen and oxygen atoms in total. The quantitative estimate of drug-likeness (QED) is 0.189. The predicted octanol–water partition coefficient (Wildman–Crippen LogP) is 9.81. The lowest BCUT2D eigenvalue weighted by Gasteiger charge is -2.20. The summed E-state index contributed by atoms with van der Waals surface area (Å²) in [4.78, 5) is 5.41. The standard InChI is InChI=1S/C39H24NO2PS/c41-43(26-11-3-1-4-12-26,27-13-5-2-6-14-27)28-21-19-25(20-22-28)36-35-31-16-7-9-17-33(31)42-38(35)32-24-23-30-29-15-8-10-18-34(29)44-39(30)37(32)40-36/h1-24H. The van der Waals surface area contributed by atoms with Gasteiger partial charge in [0, 0.05) is 47.7 Å². The predicted molar refractivity (Wildman–Crippen MR) is 187 cm³/mol. The maximum Gasteiger partial charge on any atom is 0.171 e. The highest BCUT2D eigenvalue weighted by molar-refractivity contribution is 7.85. The zero-order valence-corrected chi connectivity index (χ0v) is 25.2. The Morgan fingerprint density at radius 1 is 0.545 bits per heavy atom. The molecule has 0 N–H and O–H groups in total. The van der Waals surface area contributed by atoms with E-state index < -0.39 is 7.14 Å². The molecule has 9 rings (SSSR count). The van der Waals surface area contributed by atoms with Crippen molar-refractivity contribution < 1.29 is 8.98 Å². The van der Waals surface area contributed by atoms with Crippen LogP contribution in [0.1, 0.15) is 0 Å². The van der Waals surface area contributed by atoms with E-state index in [1.54, 1.807) is 11.3 Å². The smallest absolute Gasteiger partial charge is 0.171 e. The van der Waals surface area contributed by atoms with Crippen molar-refractivity contribution in [1.82, 2.24) is 4.98 Å². The normalized spacial score (nSPS) is 12.2. The summed E-state index contributed by atoms with van der Waals surface area (Å²) in [5, 5.41) is 7.91. The molecule has 0 spiro atoms. The highest BCUT2D eigenvalue weighted by Crippen LogP contribution is 2.45. The molecule has 6 aromatic carbocycles. The number of aromatic nitrogens is 1. The van der Waals surface area contributed by atoms with Crippen LogP contribution in [0.5, 0.6) is 0 Å². The molecule has 5 heteroatoms. The van der Waals surface area contributed by atoms with Gasteiger partial charge in [-0.25, -0.2) is 4.98 Å². The van der Waals surface area contributed by atoms with Crippen LogP contribution in [0.2, 0.25) is 0 Å². The fraction of sp³-hybridized carbons (Fsp3) is 0. The molecule has 0 saturated carbocycles. The van der Waals surface area contributed by atoms with Gasteiger partial charge < -0.3 is 8.98 Å². The third kappa shape index (κ3) is 3.68. The van der Waals surface area contributed by atoms with E-state index in [2.05, 4.69) is 54.6 Å². The van der Waals surface area contributed by atoms with Gasteiger partial charge in [0.05, 0.1) is 21.3 Å². The molecule has 0 bridgehead atoms. The van der Waals surface area contributed by atoms with Crippen molar-refractivity contribution in [2.45, 2.75) is 0 Å². The van der Waals surface area contributed by atoms with Gasteiger partial charge in [0.15, 0.2) is 7.14 Å². The van der Waals surface area contributed by atoms with Crippen LogP contribution in [0.25, 0.3) is 64.3 Å². The zero-order chi connectivity index (χ0) is 29.3. The van der Waals surface area contributed by atoms with Crippen molar-refractivity contribution in [3.63, 3.8) is 0 Å². The number of hydrogen-bond donors (Lipinski definition) is 0. The van der Waals surface area contributed by atoms with Crippen molar-refractivity contribution in [3.8, 4) is 11.3 Å². The minimum atomic E-state index is -3.09. The van der Waals surface area contributed by atoms with E-state index in [1.165, 1.54) is 15.5 Å². The second-order valence-corrected chi connectivity index (χ2v) is 14.8. The van der Waals surface area contributed by atoms with Crippen LogP contribution in [-0.2, 0) is 4.57 Å². The molecule has 0 unspecified atom stereocenters. The lowest BCUT2D eigenvalue weighted by atomic mass is 10.0. The molecule has 9 aromatic rings. The molecule has 0 fully saturated rings. The zero-order valence-electron chi connectivity index (χ0n) is 23.5. The minimum absolute atomic E-state index is 0.791. The van der Waals surface area contributed by atoms with Crippen molar-refractivity contribution >= 4 is 87.4 Å². The van der Waals surface area contributed by atoms with Crippen LogP contribution < -0.4 is 15.9 Å². The average molecular weight is 602 g/mol. The summed E-state index contributed by atoms with van der Waals surface area (Å²) in [6.45, 7) is 0. The Morgan fingerprint density at radius 3 is 1.86 bits per heavy atom. The number of furan rings is 1. The SMILES string of the molecule is O=P(c1ccccc1)(c1ccccc1)c1ccc(-c2nc3c(ccc4c5ccccc5sc43)c3oc4ccccc4c23)cc1. The number of pyridine rings is 1. The monoisotopic (exact) mass is 601 g/mol. The molecule has 0 radical (unpaired) electrons. The molecule has 0 aliphatic rings. The molecule has 3 heterocycles. The van der Waals surface area contributed by atoms with Crippen LogP contribution in [0, 0.1) is 0 Å². The van der Waals surface area contributed by atoms with Gasteiger partial charge in [-0.2, -0.15) is 0 Å². The summed E-state index contributed by atoms with van der Waals surface area (Å²) < 4.78 is 23.9. The number of nitrogens with zero attached hydrogens (tertiary/aromatic N) is 1. The van der Waals surface area contributed by atoms with Crippen molar-refractivity contribution in [1.29, 1.82) is 0 Å². The van der Waals surface area contributed by atoms with Gasteiger partial charge in [0.1, 0.15) is 11.2 Å². The molecule has 0 aliphatic carbocycles. The second-order valence-electron chi connectivity index (χ2n) is 11.0. The first-order valence-corrected chi connectivity index (χ1v) is 17.1. The van der Waals surface area contributed by atoms with E-state index in [0.29, 0.717) is 0 Å². The van der Waals surface area contributed by atoms with Gasteiger partial charge >= 0.3 is 0 Å². The Morgan fingerprint density at radius 2 is 1.14 bits per heavy atom. The summed E-state index contributed by atoms with van der Waals surface area (Å²) in [6, 6.07) is 48.8. The lowest BCUT2D eigenvalue weighted by Crippen LogP contribution is -2.24. The fourth-order valence-electron chi connectivity index (χ4n) is 6.47. The fourth-order valence-corrected chi connectivity index (χ4v) is 10.3. The van der Waals surface area contributed by atoms with E-state index >= 15 is 0 Å². The van der Waals surface area contributed by atoms with Gasteiger partial charge in [-0.05, 0) is 18.2 Å². The number of hydrogen-bond acceptors (Lipinski definition) is 4. The maximum atomic E-state index is 15.0. The van der Waals surface area contributed by atoms with Crippen molar-refractivity contribution in [3.05, 3.63) is 146 Å². The van der Waals surface area contributed by atoms with Crippen LogP contribution in [0.15, 0.2) is 150 Å². The molecule has 0 atom stereocenters. The van der Waals surface area contributed by atoms with E-state index in [1.807, 2.05) is 91.0 Å². The molecule has 0 amide bonds. The Balaban J connectivity index is 1.31. The summed E-state index contributed by atoms with van der Waals surface area (Å²) in [7, 11) is -3.09. The number of benzene rings is 6. The minimum Gasteiger partial charge on any atom is -0.455 e. The Hall–Kier alpha value is -5.02. The van der Waals surface area contributed by atoms with Crippen molar-refractivity contribution in [2.24, 2.45) is 0 Å². The molecule has 44 heavy (non-hydrogen) atoms. The number of thiophene rings is 1. The molecule has 0 saturated heterocycles. The Labute approximate surface area is 257 Å². The first-order chi connectivity index (χ1) is 21.7. The highest BCUT2D eigenvalue weighted by atomic mass is 32.1. The number of rotatable bonds is 4. The largest absolute Gasteiger partial charge is 0.455 e. The molecular formula is C39H24NO2PS. The molecular weight excluding hydrogens is 577 g/mol. The van der Waals surface area contributed by atoms with Gasteiger partial charge in [-0.1, -0.05) is 127 Å². The third-order valence-corrected chi connectivity index (χ3v) is 12.8. The maximum absolute atomic E-state index is 15.0. The highest BCUT2D eigenvalue weighted by Gasteiger charge is 2.30. The van der Waals surface area contributed by atoms with Crippen LogP contribution in [0.3, 0.4) is 0 Å². The van der Waals surface area contributed by atoms with Crippen LogP contribution in [-0.4, -0.2) is 4.98 Å². The second kappa shape index (κ2) is 9.75. The Kier molecular flexibility index (Phi) is 5.65. The average Bonchev–Trinajstić information content (AvgIpc) is 3.68. The van der Waals surface area contributed by atoms with Gasteiger partial charge in [-0.15, -0.1) is 11.3 Å². The van der Waals surface area contributed by atoms with E-state index in [-0.39, 0.29) is 0 Å². The van der Waals surface area contributed by atoms with E-state index in [9.17, 15) is 4.57 Å². The summed E-state index contributed by atoms with van der Waals surface area (Å²) in [5.74, 6) is 0. The lowest BCUT2D eigenvalue weighted by molar-refractivity contribution is 0.592. The van der Waals surface area contributed by atoms with Crippen LogP contribution in [0.4, 0.5) is 0 Å². The number of fused-ring (bicyclic) bond motifs is 9. The number of para-hydroxylation sites is 1. The summed E-state index contributed by atoms with van der Waals surface area (Å²) in [5.41, 5.74) is 4.44. The van der Waals surface area contributed by atoms with Gasteiger partial charge in [0.2, 0.25) is 0 Å². The molecule has 3 aromatic heterocycles. The van der Waals surface area contributed by atoms with Gasteiger partial charge in [-0.3, -0.25) is 0 Å². The van der Waals surface area contributed by atoms with E-state index in [4.69, 9.17) is 9.40 Å².